The van der Waals surface area contributed by atoms with E-state index in [1.165, 1.54) is 19.2 Å². The van der Waals surface area contributed by atoms with E-state index in [0.29, 0.717) is 12.3 Å². The molecular weight excluding hydrogens is 376 g/mol. The minimum absolute atomic E-state index is 0.0718. The lowest BCUT2D eigenvalue weighted by atomic mass is 10.2. The number of nitrogens with one attached hydrogen (secondary N) is 1. The van der Waals surface area contributed by atoms with Gasteiger partial charge in [-0.25, -0.2) is 8.42 Å². The average Bonchev–Trinajstić information content (AvgIpc) is 2.58. The number of hydrogen-bond acceptors (Lipinski definition) is 4. The summed E-state index contributed by atoms with van der Waals surface area (Å²) >= 11 is 5.94. The van der Waals surface area contributed by atoms with Gasteiger partial charge in [0, 0.05) is 17.8 Å². The van der Waals surface area contributed by atoms with E-state index < -0.39 is 15.9 Å². The zero-order valence-corrected chi connectivity index (χ0v) is 16.4. The van der Waals surface area contributed by atoms with Crippen LogP contribution in [-0.2, 0) is 14.8 Å². The Labute approximate surface area is 158 Å². The van der Waals surface area contributed by atoms with Crippen molar-refractivity contribution in [1.29, 1.82) is 0 Å². The number of carbonyl (C=O) groups excluding carboxylic acids is 1. The largest absolute Gasteiger partial charge is 0.492 e. The number of rotatable bonds is 7. The minimum atomic E-state index is -3.95. The molecule has 6 nitrogen and oxygen atoms in total. The molecule has 140 valence electrons. The van der Waals surface area contributed by atoms with Gasteiger partial charge < -0.3 is 10.1 Å². The third kappa shape index (κ3) is 4.97. The fourth-order valence-electron chi connectivity index (χ4n) is 2.25. The van der Waals surface area contributed by atoms with Gasteiger partial charge in [0.1, 0.15) is 10.6 Å². The number of nitrogens with zero attached hydrogens (tertiary/aromatic N) is 1. The lowest BCUT2D eigenvalue weighted by Crippen LogP contribution is -2.35. The second-order valence-electron chi connectivity index (χ2n) is 5.70. The van der Waals surface area contributed by atoms with Gasteiger partial charge in [-0.15, -0.1) is 0 Å². The molecule has 8 heteroatoms. The molecule has 0 aliphatic rings. The van der Waals surface area contributed by atoms with E-state index in [-0.39, 0.29) is 22.2 Å². The second kappa shape index (κ2) is 8.53. The maximum Gasteiger partial charge on any atom is 0.247 e. The Kier molecular flexibility index (Phi) is 6.63. The number of anilines is 1. The molecule has 0 aromatic heterocycles. The molecule has 2 rings (SSSR count). The highest BCUT2D eigenvalue weighted by Crippen LogP contribution is 2.29. The number of ether oxygens (including phenoxy) is 1. The van der Waals surface area contributed by atoms with Crippen molar-refractivity contribution in [3.8, 4) is 5.75 Å². The maximum absolute atomic E-state index is 12.8. The summed E-state index contributed by atoms with van der Waals surface area (Å²) < 4.78 is 32.0. The summed E-state index contributed by atoms with van der Waals surface area (Å²) in [6, 6.07) is 11.6. The van der Waals surface area contributed by atoms with Crippen LogP contribution in [0.25, 0.3) is 0 Å². The van der Waals surface area contributed by atoms with Crippen molar-refractivity contribution in [3.63, 3.8) is 0 Å². The van der Waals surface area contributed by atoms with Crippen LogP contribution in [0.3, 0.4) is 0 Å². The van der Waals surface area contributed by atoms with Crippen molar-refractivity contribution < 1.29 is 17.9 Å². The number of hydrogen-bond donors (Lipinski definition) is 1. The normalized spacial score (nSPS) is 11.4. The fourth-order valence-corrected chi connectivity index (χ4v) is 3.77. The van der Waals surface area contributed by atoms with Crippen molar-refractivity contribution in [3.05, 3.63) is 53.1 Å². The Bertz CT molecular complexity index is 883. The van der Waals surface area contributed by atoms with E-state index in [1.807, 2.05) is 19.1 Å². The molecule has 0 atom stereocenters. The van der Waals surface area contributed by atoms with Crippen LogP contribution in [0.15, 0.2) is 47.4 Å². The van der Waals surface area contributed by atoms with Crippen LogP contribution in [0.4, 0.5) is 5.69 Å². The standard InChI is InChI=1S/C18H21ClN2O4S/c1-4-25-16-10-7-14(19)11-17(16)26(23,24)21(3)12-18(22)20-15-8-5-13(2)6-9-15/h5-11H,4,12H2,1-3H3,(H,20,22). The quantitative estimate of drug-likeness (QED) is 0.779. The van der Waals surface area contributed by atoms with Gasteiger partial charge in [-0.3, -0.25) is 4.79 Å². The Morgan fingerprint density at radius 1 is 1.19 bits per heavy atom. The first-order chi connectivity index (χ1) is 12.2. The Morgan fingerprint density at radius 3 is 2.46 bits per heavy atom. The first-order valence-corrected chi connectivity index (χ1v) is 9.81. The van der Waals surface area contributed by atoms with Gasteiger partial charge in [0.15, 0.2) is 0 Å². The Morgan fingerprint density at radius 2 is 1.85 bits per heavy atom. The lowest BCUT2D eigenvalue weighted by molar-refractivity contribution is -0.116. The minimum Gasteiger partial charge on any atom is -0.492 e. The fraction of sp³-hybridized carbons (Fsp3) is 0.278. The number of sulfonamides is 1. The number of halogens is 1. The molecule has 0 aliphatic carbocycles. The third-order valence-electron chi connectivity index (χ3n) is 3.60. The molecule has 0 radical (unpaired) electrons. The van der Waals surface area contributed by atoms with Crippen LogP contribution < -0.4 is 10.1 Å². The van der Waals surface area contributed by atoms with Crippen molar-refractivity contribution in [2.75, 3.05) is 25.5 Å². The van der Waals surface area contributed by atoms with Crippen molar-refractivity contribution >= 4 is 33.2 Å². The molecule has 0 spiro atoms. The van der Waals surface area contributed by atoms with Crippen LogP contribution >= 0.6 is 11.6 Å². The molecule has 0 fully saturated rings. The highest BCUT2D eigenvalue weighted by molar-refractivity contribution is 7.89. The van der Waals surface area contributed by atoms with E-state index in [2.05, 4.69) is 5.32 Å². The van der Waals surface area contributed by atoms with E-state index in [1.54, 1.807) is 25.1 Å². The topological polar surface area (TPSA) is 75.7 Å². The molecule has 1 amide bonds. The van der Waals surface area contributed by atoms with Gasteiger partial charge in [0.05, 0.1) is 13.2 Å². The van der Waals surface area contributed by atoms with Crippen molar-refractivity contribution in [2.45, 2.75) is 18.7 Å². The third-order valence-corrected chi connectivity index (χ3v) is 5.66. The smallest absolute Gasteiger partial charge is 0.247 e. The van der Waals surface area contributed by atoms with E-state index in [9.17, 15) is 13.2 Å². The molecule has 2 aromatic carbocycles. The summed E-state index contributed by atoms with van der Waals surface area (Å²) in [6.07, 6.45) is 0. The van der Waals surface area contributed by atoms with E-state index in [0.717, 1.165) is 9.87 Å². The van der Waals surface area contributed by atoms with Crippen LogP contribution in [0.1, 0.15) is 12.5 Å². The SMILES string of the molecule is CCOc1ccc(Cl)cc1S(=O)(=O)N(C)CC(=O)Nc1ccc(C)cc1. The molecule has 0 bridgehead atoms. The number of likely N-dealkylation sites (N-methyl/N-ethyl adjacent to an activating group) is 1. The Balaban J connectivity index is 2.17. The first-order valence-electron chi connectivity index (χ1n) is 7.99. The molecule has 1 N–H and O–H groups in total. The van der Waals surface area contributed by atoms with E-state index >= 15 is 0 Å². The lowest BCUT2D eigenvalue weighted by Gasteiger charge is -2.19. The molecular formula is C18H21ClN2O4S. The summed E-state index contributed by atoms with van der Waals surface area (Å²) in [6.45, 7) is 3.66. The van der Waals surface area contributed by atoms with Crippen LogP contribution in [0.5, 0.6) is 5.75 Å². The maximum atomic E-state index is 12.8. The highest BCUT2D eigenvalue weighted by atomic mass is 35.5. The van der Waals surface area contributed by atoms with Crippen LogP contribution in [0.2, 0.25) is 5.02 Å². The monoisotopic (exact) mass is 396 g/mol. The molecule has 0 heterocycles. The molecule has 0 saturated carbocycles. The van der Waals surface area contributed by atoms with Gasteiger partial charge in [-0.1, -0.05) is 29.3 Å². The van der Waals surface area contributed by atoms with Crippen LogP contribution in [0, 0.1) is 6.92 Å². The van der Waals surface area contributed by atoms with Gasteiger partial charge >= 0.3 is 0 Å². The number of aryl methyl sites for hydroxylation is 1. The van der Waals surface area contributed by atoms with Gasteiger partial charge in [-0.2, -0.15) is 4.31 Å². The predicted molar refractivity (Wildman–Crippen MR) is 102 cm³/mol. The first kappa shape index (κ1) is 20.2. The highest BCUT2D eigenvalue weighted by Gasteiger charge is 2.27. The molecule has 0 unspecified atom stereocenters. The molecule has 2 aromatic rings. The Hall–Kier alpha value is -2.09. The van der Waals surface area contributed by atoms with Crippen LogP contribution in [-0.4, -0.2) is 38.8 Å². The van der Waals surface area contributed by atoms with Gasteiger partial charge in [0.25, 0.3) is 0 Å². The summed E-state index contributed by atoms with van der Waals surface area (Å²) in [5, 5.41) is 2.94. The summed E-state index contributed by atoms with van der Waals surface area (Å²) in [7, 11) is -2.61. The zero-order valence-electron chi connectivity index (χ0n) is 14.8. The molecule has 26 heavy (non-hydrogen) atoms. The van der Waals surface area contributed by atoms with E-state index in [4.69, 9.17) is 16.3 Å². The van der Waals surface area contributed by atoms with Crippen molar-refractivity contribution in [1.82, 2.24) is 4.31 Å². The summed E-state index contributed by atoms with van der Waals surface area (Å²) in [5.41, 5.74) is 1.66. The number of benzene rings is 2. The molecule has 0 saturated heterocycles. The predicted octanol–water partition coefficient (Wildman–Crippen LogP) is 3.31. The average molecular weight is 397 g/mol. The second-order valence-corrected chi connectivity index (χ2v) is 8.15. The number of carbonyl (C=O) groups is 1. The zero-order chi connectivity index (χ0) is 19.3. The molecule has 0 aliphatic heterocycles. The summed E-state index contributed by atoms with van der Waals surface area (Å²) in [5.74, 6) is -0.248. The summed E-state index contributed by atoms with van der Waals surface area (Å²) in [4.78, 5) is 12.1. The van der Waals surface area contributed by atoms with Gasteiger partial charge in [0.2, 0.25) is 15.9 Å². The number of amides is 1. The van der Waals surface area contributed by atoms with Crippen molar-refractivity contribution in [2.24, 2.45) is 0 Å². The van der Waals surface area contributed by atoms with Gasteiger partial charge in [-0.05, 0) is 44.2 Å².